The summed E-state index contributed by atoms with van der Waals surface area (Å²) >= 11 is 0. The third-order valence-electron chi connectivity index (χ3n) is 4.25. The summed E-state index contributed by atoms with van der Waals surface area (Å²) in [6.45, 7) is 8.33. The lowest BCUT2D eigenvalue weighted by molar-refractivity contribution is 0.627. The summed E-state index contributed by atoms with van der Waals surface area (Å²) in [4.78, 5) is 22.1. The average Bonchev–Trinajstić information content (AvgIpc) is 3.10. The van der Waals surface area contributed by atoms with Crippen molar-refractivity contribution in [3.05, 3.63) is 30.4 Å². The van der Waals surface area contributed by atoms with Crippen LogP contribution in [0, 0.1) is 6.92 Å². The fourth-order valence-electron chi connectivity index (χ4n) is 3.05. The summed E-state index contributed by atoms with van der Waals surface area (Å²) in [6.07, 6.45) is 3.35. The molecule has 130 valence electrons. The van der Waals surface area contributed by atoms with Crippen molar-refractivity contribution in [3.63, 3.8) is 0 Å². The molecule has 0 spiro atoms. The maximum Gasteiger partial charge on any atom is 0.254 e. The molecule has 0 aromatic carbocycles. The third kappa shape index (κ3) is 3.04. The van der Waals surface area contributed by atoms with Crippen LogP contribution in [0.2, 0.25) is 0 Å². The molecule has 4 heterocycles. The van der Waals surface area contributed by atoms with Gasteiger partial charge in [0.05, 0.1) is 0 Å². The first-order valence-electron chi connectivity index (χ1n) is 8.49. The van der Waals surface area contributed by atoms with Gasteiger partial charge in [0.25, 0.3) is 5.78 Å². The summed E-state index contributed by atoms with van der Waals surface area (Å²) < 4.78 is 1.80. The summed E-state index contributed by atoms with van der Waals surface area (Å²) in [6, 6.07) is 3.95. The minimum absolute atomic E-state index is 0.638. The van der Waals surface area contributed by atoms with Gasteiger partial charge in [-0.2, -0.15) is 19.6 Å². The molecule has 1 saturated heterocycles. The molecule has 1 fully saturated rings. The lowest BCUT2D eigenvalue weighted by Crippen LogP contribution is -2.47. The number of fused-ring (bicyclic) bond motifs is 1. The standard InChI is InChI=1S/C16H21N9/c1-3-17-13-4-5-18-15(22-13)24-8-6-23(7-9-24)14-10-12(2)21-16-19-11-20-25(14)16/h4-5,10-11H,3,6-9H2,1-2H3,(H,17,18,22). The molecular formula is C16H21N9. The van der Waals surface area contributed by atoms with Crippen LogP contribution in [0.25, 0.3) is 5.78 Å². The monoisotopic (exact) mass is 339 g/mol. The van der Waals surface area contributed by atoms with Gasteiger partial charge in [-0.1, -0.05) is 0 Å². The van der Waals surface area contributed by atoms with Crippen molar-refractivity contribution >= 4 is 23.4 Å². The van der Waals surface area contributed by atoms with Gasteiger partial charge in [-0.05, 0) is 19.9 Å². The predicted octanol–water partition coefficient (Wildman–Crippen LogP) is 0.981. The van der Waals surface area contributed by atoms with Crippen LogP contribution in [0.15, 0.2) is 24.7 Å². The van der Waals surface area contributed by atoms with Crippen molar-refractivity contribution in [2.75, 3.05) is 47.8 Å². The van der Waals surface area contributed by atoms with Gasteiger partial charge < -0.3 is 15.1 Å². The van der Waals surface area contributed by atoms with Gasteiger partial charge in [-0.25, -0.2) is 9.97 Å². The Kier molecular flexibility index (Phi) is 4.04. The highest BCUT2D eigenvalue weighted by Gasteiger charge is 2.22. The first kappa shape index (κ1) is 15.6. The second-order valence-electron chi connectivity index (χ2n) is 5.97. The molecular weight excluding hydrogens is 318 g/mol. The van der Waals surface area contributed by atoms with E-state index in [0.717, 1.165) is 56.0 Å². The molecule has 1 aliphatic rings. The number of nitrogens with zero attached hydrogens (tertiary/aromatic N) is 8. The maximum absolute atomic E-state index is 4.59. The largest absolute Gasteiger partial charge is 0.370 e. The smallest absolute Gasteiger partial charge is 0.254 e. The molecule has 0 atom stereocenters. The number of aryl methyl sites for hydroxylation is 1. The van der Waals surface area contributed by atoms with Crippen molar-refractivity contribution in [1.82, 2.24) is 29.5 Å². The Morgan fingerprint density at radius 3 is 2.68 bits per heavy atom. The van der Waals surface area contributed by atoms with E-state index in [2.05, 4.69) is 53.1 Å². The van der Waals surface area contributed by atoms with E-state index in [1.54, 1.807) is 17.0 Å². The van der Waals surface area contributed by atoms with Crippen molar-refractivity contribution in [1.29, 1.82) is 0 Å². The summed E-state index contributed by atoms with van der Waals surface area (Å²) in [5.74, 6) is 3.31. The number of aromatic nitrogens is 6. The zero-order valence-electron chi connectivity index (χ0n) is 14.4. The fourth-order valence-corrected chi connectivity index (χ4v) is 3.05. The number of anilines is 3. The van der Waals surface area contributed by atoms with Crippen LogP contribution in [-0.2, 0) is 0 Å². The van der Waals surface area contributed by atoms with Crippen molar-refractivity contribution in [2.45, 2.75) is 13.8 Å². The van der Waals surface area contributed by atoms with Crippen LogP contribution < -0.4 is 15.1 Å². The lowest BCUT2D eigenvalue weighted by Gasteiger charge is -2.36. The molecule has 0 saturated carbocycles. The zero-order chi connectivity index (χ0) is 17.2. The van der Waals surface area contributed by atoms with Gasteiger partial charge in [0.2, 0.25) is 5.95 Å². The SMILES string of the molecule is CCNc1ccnc(N2CCN(c3cc(C)nc4ncnn34)CC2)n1. The molecule has 0 bridgehead atoms. The van der Waals surface area contributed by atoms with Crippen LogP contribution in [0.4, 0.5) is 17.6 Å². The molecule has 0 unspecified atom stereocenters. The van der Waals surface area contributed by atoms with E-state index >= 15 is 0 Å². The van der Waals surface area contributed by atoms with Gasteiger partial charge in [-0.3, -0.25) is 0 Å². The number of hydrogen-bond acceptors (Lipinski definition) is 8. The molecule has 3 aromatic heterocycles. The van der Waals surface area contributed by atoms with E-state index in [-0.39, 0.29) is 0 Å². The Balaban J connectivity index is 1.51. The highest BCUT2D eigenvalue weighted by atomic mass is 15.4. The van der Waals surface area contributed by atoms with E-state index in [4.69, 9.17) is 0 Å². The van der Waals surface area contributed by atoms with Crippen LogP contribution in [0.3, 0.4) is 0 Å². The Morgan fingerprint density at radius 2 is 1.88 bits per heavy atom. The summed E-state index contributed by atoms with van der Waals surface area (Å²) in [5.41, 5.74) is 0.944. The van der Waals surface area contributed by atoms with E-state index in [1.165, 1.54) is 0 Å². The van der Waals surface area contributed by atoms with Crippen LogP contribution >= 0.6 is 0 Å². The number of rotatable bonds is 4. The minimum Gasteiger partial charge on any atom is -0.370 e. The molecule has 9 heteroatoms. The van der Waals surface area contributed by atoms with Gasteiger partial charge in [0.1, 0.15) is 18.0 Å². The number of piperazine rings is 1. The molecule has 1 N–H and O–H groups in total. The first-order chi connectivity index (χ1) is 12.2. The zero-order valence-corrected chi connectivity index (χ0v) is 14.4. The quantitative estimate of drug-likeness (QED) is 0.753. The topological polar surface area (TPSA) is 87.4 Å². The highest BCUT2D eigenvalue weighted by molar-refractivity contribution is 5.49. The fraction of sp³-hybridized carbons (Fsp3) is 0.438. The molecule has 1 aliphatic heterocycles. The van der Waals surface area contributed by atoms with Gasteiger partial charge in [0, 0.05) is 50.7 Å². The Bertz CT molecular complexity index is 867. The van der Waals surface area contributed by atoms with Crippen molar-refractivity contribution < 1.29 is 0 Å². The van der Waals surface area contributed by atoms with E-state index < -0.39 is 0 Å². The predicted molar refractivity (Wildman–Crippen MR) is 96.1 cm³/mol. The molecule has 25 heavy (non-hydrogen) atoms. The normalized spacial score (nSPS) is 15.0. The van der Waals surface area contributed by atoms with Crippen LogP contribution in [-0.4, -0.2) is 62.3 Å². The van der Waals surface area contributed by atoms with Crippen molar-refractivity contribution in [2.24, 2.45) is 0 Å². The number of nitrogens with one attached hydrogen (secondary N) is 1. The van der Waals surface area contributed by atoms with E-state index in [9.17, 15) is 0 Å². The van der Waals surface area contributed by atoms with Crippen molar-refractivity contribution in [3.8, 4) is 0 Å². The molecule has 0 aliphatic carbocycles. The third-order valence-corrected chi connectivity index (χ3v) is 4.25. The second kappa shape index (κ2) is 6.50. The Morgan fingerprint density at radius 1 is 1.08 bits per heavy atom. The summed E-state index contributed by atoms with van der Waals surface area (Å²) in [5, 5.41) is 7.53. The lowest BCUT2D eigenvalue weighted by atomic mass is 10.3. The van der Waals surface area contributed by atoms with E-state index in [0.29, 0.717) is 5.78 Å². The highest BCUT2D eigenvalue weighted by Crippen LogP contribution is 2.20. The van der Waals surface area contributed by atoms with Gasteiger partial charge in [-0.15, -0.1) is 0 Å². The second-order valence-corrected chi connectivity index (χ2v) is 5.97. The van der Waals surface area contributed by atoms with Gasteiger partial charge in [0.15, 0.2) is 0 Å². The minimum atomic E-state index is 0.638. The first-order valence-corrected chi connectivity index (χ1v) is 8.49. The van der Waals surface area contributed by atoms with Crippen LogP contribution in [0.1, 0.15) is 12.6 Å². The molecule has 4 rings (SSSR count). The molecule has 0 amide bonds. The number of hydrogen-bond donors (Lipinski definition) is 1. The van der Waals surface area contributed by atoms with Crippen LogP contribution in [0.5, 0.6) is 0 Å². The maximum atomic E-state index is 4.59. The average molecular weight is 339 g/mol. The molecule has 0 radical (unpaired) electrons. The molecule has 3 aromatic rings. The van der Waals surface area contributed by atoms with E-state index in [1.807, 2.05) is 13.0 Å². The summed E-state index contributed by atoms with van der Waals surface area (Å²) in [7, 11) is 0. The van der Waals surface area contributed by atoms with Gasteiger partial charge >= 0.3 is 0 Å². The Hall–Kier alpha value is -2.97. The Labute approximate surface area is 145 Å². The molecule has 9 nitrogen and oxygen atoms in total.